The van der Waals surface area contributed by atoms with E-state index < -0.39 is 0 Å². The molecule has 3 aromatic rings. The van der Waals surface area contributed by atoms with Gasteiger partial charge in [0.15, 0.2) is 5.29 Å². The number of nitrogens with two attached hydrogens (primary N) is 1. The quantitative estimate of drug-likeness (QED) is 0.293. The summed E-state index contributed by atoms with van der Waals surface area (Å²) in [5, 5.41) is 3.35. The molecule has 154 valence electrons. The summed E-state index contributed by atoms with van der Waals surface area (Å²) in [6.45, 7) is 11.4. The Morgan fingerprint density at radius 3 is 2.40 bits per heavy atom. The van der Waals surface area contributed by atoms with Crippen LogP contribution in [0.3, 0.4) is 0 Å². The van der Waals surface area contributed by atoms with Gasteiger partial charge in [0.25, 0.3) is 0 Å². The van der Waals surface area contributed by atoms with Crippen LogP contribution in [-0.4, -0.2) is 10.3 Å². The van der Waals surface area contributed by atoms with Gasteiger partial charge in [0.05, 0.1) is 17.9 Å². The maximum Gasteiger partial charge on any atom is 0.193 e. The summed E-state index contributed by atoms with van der Waals surface area (Å²) in [5.74, 6) is 0. The van der Waals surface area contributed by atoms with E-state index in [1.807, 2.05) is 30.3 Å². The Labute approximate surface area is 183 Å². The molecule has 0 fully saturated rings. The van der Waals surface area contributed by atoms with E-state index in [-0.39, 0.29) is 10.7 Å². The summed E-state index contributed by atoms with van der Waals surface area (Å²) in [4.78, 5) is 8.68. The van der Waals surface area contributed by atoms with Crippen LogP contribution in [0.15, 0.2) is 78.4 Å². The summed E-state index contributed by atoms with van der Waals surface area (Å²) in [6, 6.07) is 20.3. The first-order chi connectivity index (χ1) is 14.3. The zero-order chi connectivity index (χ0) is 21.7. The highest BCUT2D eigenvalue weighted by Gasteiger charge is 2.16. The average Bonchev–Trinajstić information content (AvgIpc) is 2.71. The number of aliphatic imine (C=N–C) groups is 1. The SMILES string of the molecule is C=C(NCc1ccccn1)c1c(N=C(N)Cl)cccc1-c1ccc(C(C)(C)C)cc1. The second kappa shape index (κ2) is 9.14. The molecule has 1 aromatic heterocycles. The highest BCUT2D eigenvalue weighted by molar-refractivity contribution is 6.64. The van der Waals surface area contributed by atoms with Crippen molar-refractivity contribution < 1.29 is 0 Å². The molecule has 0 saturated heterocycles. The molecule has 0 atom stereocenters. The molecule has 0 aliphatic rings. The average molecular weight is 419 g/mol. The Morgan fingerprint density at radius 2 is 1.80 bits per heavy atom. The Bertz CT molecular complexity index is 1040. The lowest BCUT2D eigenvalue weighted by atomic mass is 9.85. The van der Waals surface area contributed by atoms with Crippen LogP contribution in [0, 0.1) is 0 Å². The van der Waals surface area contributed by atoms with Gasteiger partial charge in [0.2, 0.25) is 0 Å². The van der Waals surface area contributed by atoms with Crippen LogP contribution in [0.1, 0.15) is 37.6 Å². The summed E-state index contributed by atoms with van der Waals surface area (Å²) < 4.78 is 0. The lowest BCUT2D eigenvalue weighted by Crippen LogP contribution is -2.13. The van der Waals surface area contributed by atoms with Gasteiger partial charge < -0.3 is 11.1 Å². The number of hydrogen-bond donors (Lipinski definition) is 2. The molecule has 0 amide bonds. The molecule has 1 heterocycles. The van der Waals surface area contributed by atoms with Gasteiger partial charge in [-0.1, -0.05) is 69.8 Å². The maximum absolute atomic E-state index is 5.90. The number of rotatable bonds is 6. The fraction of sp³-hybridized carbons (Fsp3) is 0.200. The van der Waals surface area contributed by atoms with Crippen LogP contribution in [0.2, 0.25) is 0 Å². The van der Waals surface area contributed by atoms with E-state index >= 15 is 0 Å². The maximum atomic E-state index is 5.90. The molecule has 0 saturated carbocycles. The number of nitrogens with one attached hydrogen (secondary N) is 1. The Balaban J connectivity index is 2.01. The molecular weight excluding hydrogens is 392 g/mol. The van der Waals surface area contributed by atoms with Crippen molar-refractivity contribution in [1.29, 1.82) is 0 Å². The van der Waals surface area contributed by atoms with Crippen LogP contribution in [0.5, 0.6) is 0 Å². The van der Waals surface area contributed by atoms with Gasteiger partial charge in [-0.3, -0.25) is 4.98 Å². The molecule has 0 unspecified atom stereocenters. The van der Waals surface area contributed by atoms with Crippen LogP contribution in [0.25, 0.3) is 16.8 Å². The number of nitrogens with zero attached hydrogens (tertiary/aromatic N) is 2. The number of hydrogen-bond acceptors (Lipinski definition) is 3. The van der Waals surface area contributed by atoms with Gasteiger partial charge in [0.1, 0.15) is 0 Å². The van der Waals surface area contributed by atoms with Crippen molar-refractivity contribution in [2.75, 3.05) is 0 Å². The summed E-state index contributed by atoms with van der Waals surface area (Å²) in [5.41, 5.74) is 12.3. The standard InChI is InChI=1S/C25H27ClN4/c1-17(29-16-20-8-5-6-15-28-20)23-21(9-7-10-22(23)30-24(26)27)18-11-13-19(14-12-18)25(2,3)4/h5-15,29H,1,16H2,2-4H3,(H2,27,30). The second-order valence-corrected chi connectivity index (χ2v) is 8.50. The van der Waals surface area contributed by atoms with Crippen molar-refractivity contribution in [2.24, 2.45) is 10.7 Å². The molecular formula is C25H27ClN4. The molecule has 4 nitrogen and oxygen atoms in total. The Hall–Kier alpha value is -3.11. The van der Waals surface area contributed by atoms with Crippen LogP contribution < -0.4 is 11.1 Å². The van der Waals surface area contributed by atoms with Gasteiger partial charge in [-0.15, -0.1) is 0 Å². The van der Waals surface area contributed by atoms with Gasteiger partial charge in [-0.2, -0.15) is 0 Å². The van der Waals surface area contributed by atoms with Gasteiger partial charge in [-0.05, 0) is 51.9 Å². The lowest BCUT2D eigenvalue weighted by molar-refractivity contribution is 0.590. The van der Waals surface area contributed by atoms with Gasteiger partial charge in [0, 0.05) is 17.5 Å². The smallest absolute Gasteiger partial charge is 0.193 e. The van der Waals surface area contributed by atoms with Crippen LogP contribution in [0.4, 0.5) is 5.69 Å². The lowest BCUT2D eigenvalue weighted by Gasteiger charge is -2.20. The van der Waals surface area contributed by atoms with E-state index in [1.54, 1.807) is 6.20 Å². The van der Waals surface area contributed by atoms with Crippen molar-refractivity contribution in [3.05, 3.63) is 90.3 Å². The molecule has 5 heteroatoms. The van der Waals surface area contributed by atoms with Gasteiger partial charge in [-0.25, -0.2) is 4.99 Å². The third-order valence-electron chi connectivity index (χ3n) is 4.84. The second-order valence-electron chi connectivity index (χ2n) is 8.11. The first-order valence-electron chi connectivity index (χ1n) is 9.82. The monoisotopic (exact) mass is 418 g/mol. The summed E-state index contributed by atoms with van der Waals surface area (Å²) in [7, 11) is 0. The minimum atomic E-state index is -0.0194. The van der Waals surface area contributed by atoms with Crippen molar-refractivity contribution in [3.63, 3.8) is 0 Å². The first kappa shape index (κ1) is 21.6. The fourth-order valence-corrected chi connectivity index (χ4v) is 3.34. The summed E-state index contributed by atoms with van der Waals surface area (Å²) in [6.07, 6.45) is 1.77. The van der Waals surface area contributed by atoms with E-state index in [9.17, 15) is 0 Å². The third-order valence-corrected chi connectivity index (χ3v) is 4.93. The summed E-state index contributed by atoms with van der Waals surface area (Å²) >= 11 is 5.90. The molecule has 3 rings (SSSR count). The highest BCUT2D eigenvalue weighted by atomic mass is 35.5. The van der Waals surface area contributed by atoms with E-state index in [0.717, 1.165) is 28.1 Å². The van der Waals surface area contributed by atoms with Crippen LogP contribution >= 0.6 is 11.6 Å². The Morgan fingerprint density at radius 1 is 1.07 bits per heavy atom. The van der Waals surface area contributed by atoms with E-state index in [0.29, 0.717) is 12.2 Å². The van der Waals surface area contributed by atoms with E-state index in [2.05, 4.69) is 73.0 Å². The number of benzene rings is 2. The first-order valence-corrected chi connectivity index (χ1v) is 10.2. The predicted octanol–water partition coefficient (Wildman–Crippen LogP) is 5.99. The van der Waals surface area contributed by atoms with Gasteiger partial charge >= 0.3 is 0 Å². The molecule has 0 spiro atoms. The van der Waals surface area contributed by atoms with Crippen LogP contribution in [-0.2, 0) is 12.0 Å². The number of aromatic nitrogens is 1. The molecule has 0 radical (unpaired) electrons. The zero-order valence-corrected chi connectivity index (χ0v) is 18.4. The molecule has 0 aliphatic carbocycles. The molecule has 3 N–H and O–H groups in total. The largest absolute Gasteiger partial charge is 0.379 e. The van der Waals surface area contributed by atoms with Crippen molar-refractivity contribution in [1.82, 2.24) is 10.3 Å². The molecule has 30 heavy (non-hydrogen) atoms. The minimum Gasteiger partial charge on any atom is -0.379 e. The van der Waals surface area contributed by atoms with Crippen molar-refractivity contribution in [3.8, 4) is 11.1 Å². The molecule has 0 aliphatic heterocycles. The molecule has 2 aromatic carbocycles. The minimum absolute atomic E-state index is 0.0194. The third kappa shape index (κ3) is 5.28. The topological polar surface area (TPSA) is 63.3 Å². The number of amidine groups is 1. The van der Waals surface area contributed by atoms with Crippen molar-refractivity contribution >= 4 is 28.3 Å². The molecule has 0 bridgehead atoms. The van der Waals surface area contributed by atoms with E-state index in [1.165, 1.54) is 5.56 Å². The number of halogens is 1. The normalized spacial score (nSPS) is 11.9. The zero-order valence-electron chi connectivity index (χ0n) is 17.6. The fourth-order valence-electron chi connectivity index (χ4n) is 3.24. The van der Waals surface area contributed by atoms with Crippen molar-refractivity contribution in [2.45, 2.75) is 32.7 Å². The van der Waals surface area contributed by atoms with E-state index in [4.69, 9.17) is 17.3 Å². The highest BCUT2D eigenvalue weighted by Crippen LogP contribution is 2.36. The number of pyridine rings is 1. The predicted molar refractivity (Wildman–Crippen MR) is 128 cm³/mol. The Kier molecular flexibility index (Phi) is 6.58.